The van der Waals surface area contributed by atoms with Gasteiger partial charge in [0.1, 0.15) is 0 Å². The fourth-order valence-corrected chi connectivity index (χ4v) is 4.54. The van der Waals surface area contributed by atoms with Gasteiger partial charge >= 0.3 is 16.5 Å². The predicted octanol–water partition coefficient (Wildman–Crippen LogP) is 7.28. The van der Waals surface area contributed by atoms with Crippen molar-refractivity contribution in [1.82, 2.24) is 0 Å². The van der Waals surface area contributed by atoms with Gasteiger partial charge in [0.15, 0.2) is 0 Å². The smallest absolute Gasteiger partial charge is 0.353 e. The van der Waals surface area contributed by atoms with Gasteiger partial charge in [0, 0.05) is 20.1 Å². The molecule has 0 aromatic heterocycles. The summed E-state index contributed by atoms with van der Waals surface area (Å²) in [6, 6.07) is 0. The second-order valence-corrected chi connectivity index (χ2v) is 8.89. The maximum absolute atomic E-state index is 12.4. The minimum absolute atomic E-state index is 0.00982. The number of ether oxygens (including phenoxy) is 2. The average molecular weight is 442 g/mol. The number of hydrogen-bond donors (Lipinski definition) is 0. The van der Waals surface area contributed by atoms with Crippen LogP contribution in [-0.4, -0.2) is 36.5 Å². The SMILES string of the molecule is CCCCCCCCCCCCCCCC(CCCCC)C(OC)(OC)C(=O)O[Si]. The Balaban J connectivity index is 4.12. The summed E-state index contributed by atoms with van der Waals surface area (Å²) in [6.45, 7) is 4.46. The minimum Gasteiger partial charge on any atom is -0.512 e. The van der Waals surface area contributed by atoms with E-state index in [9.17, 15) is 4.79 Å². The van der Waals surface area contributed by atoms with Crippen molar-refractivity contribution >= 4 is 16.5 Å². The van der Waals surface area contributed by atoms with Crippen LogP contribution in [0.4, 0.5) is 0 Å². The molecule has 177 valence electrons. The molecule has 0 aromatic carbocycles. The number of methoxy groups -OCH3 is 2. The Hall–Kier alpha value is -0.393. The molecule has 0 aliphatic carbocycles. The predicted molar refractivity (Wildman–Crippen MR) is 127 cm³/mol. The largest absolute Gasteiger partial charge is 0.512 e. The Labute approximate surface area is 190 Å². The van der Waals surface area contributed by atoms with Gasteiger partial charge in [0.2, 0.25) is 0 Å². The lowest BCUT2D eigenvalue weighted by atomic mass is 9.87. The standard InChI is InChI=1S/C25H49O4Si/c1-5-7-9-10-11-12-13-14-15-16-17-18-20-22-23(21-19-8-6-2)25(27-3,28-4)24(26)29-30/h23H,5-22H2,1-4H3. The van der Waals surface area contributed by atoms with E-state index in [1.54, 1.807) is 0 Å². The fourth-order valence-electron chi connectivity index (χ4n) is 4.39. The van der Waals surface area contributed by atoms with E-state index >= 15 is 0 Å². The van der Waals surface area contributed by atoms with Gasteiger partial charge in [0.25, 0.3) is 5.79 Å². The summed E-state index contributed by atoms with van der Waals surface area (Å²) < 4.78 is 16.0. The molecule has 0 aliphatic heterocycles. The number of carbonyl (C=O) groups is 1. The third-order valence-electron chi connectivity index (χ3n) is 6.33. The van der Waals surface area contributed by atoms with Gasteiger partial charge in [-0.2, -0.15) is 0 Å². The van der Waals surface area contributed by atoms with Gasteiger partial charge < -0.3 is 13.9 Å². The molecule has 4 nitrogen and oxygen atoms in total. The van der Waals surface area contributed by atoms with Gasteiger partial charge in [-0.05, 0) is 12.8 Å². The lowest BCUT2D eigenvalue weighted by Crippen LogP contribution is -2.50. The van der Waals surface area contributed by atoms with E-state index in [4.69, 9.17) is 13.9 Å². The van der Waals surface area contributed by atoms with Crippen LogP contribution in [0.1, 0.15) is 129 Å². The number of carbonyl (C=O) groups excluding carboxylic acids is 1. The second kappa shape index (κ2) is 20.5. The van der Waals surface area contributed by atoms with Crippen molar-refractivity contribution in [3.05, 3.63) is 0 Å². The number of rotatable bonds is 22. The third-order valence-corrected chi connectivity index (χ3v) is 6.52. The molecule has 0 bridgehead atoms. The van der Waals surface area contributed by atoms with Crippen LogP contribution < -0.4 is 0 Å². The molecule has 0 saturated heterocycles. The van der Waals surface area contributed by atoms with Crippen LogP contribution >= 0.6 is 0 Å². The van der Waals surface area contributed by atoms with Gasteiger partial charge in [-0.15, -0.1) is 0 Å². The van der Waals surface area contributed by atoms with Crippen LogP contribution in [0.25, 0.3) is 0 Å². The van der Waals surface area contributed by atoms with Crippen molar-refractivity contribution in [1.29, 1.82) is 0 Å². The summed E-state index contributed by atoms with van der Waals surface area (Å²) in [6.07, 6.45) is 22.6. The van der Waals surface area contributed by atoms with E-state index in [2.05, 4.69) is 24.3 Å². The molecule has 0 fully saturated rings. The Morgan fingerprint density at radius 2 is 1.00 bits per heavy atom. The zero-order valence-electron chi connectivity index (χ0n) is 20.4. The maximum Gasteiger partial charge on any atom is 0.353 e. The topological polar surface area (TPSA) is 44.8 Å². The molecule has 3 radical (unpaired) electrons. The van der Waals surface area contributed by atoms with Crippen LogP contribution in [0.15, 0.2) is 0 Å². The molecule has 5 heteroatoms. The molecule has 0 amide bonds. The average Bonchev–Trinajstić information content (AvgIpc) is 2.77. The monoisotopic (exact) mass is 441 g/mol. The molecular weight excluding hydrogens is 392 g/mol. The van der Waals surface area contributed by atoms with Crippen molar-refractivity contribution in [2.75, 3.05) is 14.2 Å². The molecule has 1 unspecified atom stereocenters. The first-order valence-electron chi connectivity index (χ1n) is 12.6. The Bertz CT molecular complexity index is 385. The summed E-state index contributed by atoms with van der Waals surface area (Å²) in [5.74, 6) is -1.80. The fraction of sp³-hybridized carbons (Fsp3) is 0.960. The lowest BCUT2D eigenvalue weighted by Gasteiger charge is -2.35. The van der Waals surface area contributed by atoms with Crippen LogP contribution in [0, 0.1) is 5.92 Å². The van der Waals surface area contributed by atoms with Crippen molar-refractivity contribution < 1.29 is 18.7 Å². The second-order valence-electron chi connectivity index (χ2n) is 8.69. The van der Waals surface area contributed by atoms with Crippen molar-refractivity contribution in [3.8, 4) is 0 Å². The molecule has 30 heavy (non-hydrogen) atoms. The number of unbranched alkanes of at least 4 members (excludes halogenated alkanes) is 14. The quantitative estimate of drug-likeness (QED) is 0.101. The summed E-state index contributed by atoms with van der Waals surface area (Å²) in [5, 5.41) is 0. The Morgan fingerprint density at radius 3 is 1.37 bits per heavy atom. The maximum atomic E-state index is 12.4. The highest BCUT2D eigenvalue weighted by molar-refractivity contribution is 6.06. The van der Waals surface area contributed by atoms with Crippen molar-refractivity contribution in [2.24, 2.45) is 5.92 Å². The molecule has 0 N–H and O–H groups in total. The highest BCUT2D eigenvalue weighted by atomic mass is 28.2. The van der Waals surface area contributed by atoms with E-state index in [0.717, 1.165) is 38.5 Å². The summed E-state index contributed by atoms with van der Waals surface area (Å²) in [5.41, 5.74) is 0. The van der Waals surface area contributed by atoms with Gasteiger partial charge in [-0.3, -0.25) is 0 Å². The zero-order valence-corrected chi connectivity index (χ0v) is 21.4. The van der Waals surface area contributed by atoms with Gasteiger partial charge in [-0.25, -0.2) is 4.79 Å². The lowest BCUT2D eigenvalue weighted by molar-refractivity contribution is -0.246. The Kier molecular flexibility index (Phi) is 20.2. The molecule has 0 saturated carbocycles. The highest BCUT2D eigenvalue weighted by Gasteiger charge is 2.47. The molecule has 0 aliphatic rings. The minimum atomic E-state index is -1.31. The van der Waals surface area contributed by atoms with E-state index < -0.39 is 11.8 Å². The van der Waals surface area contributed by atoms with Crippen LogP contribution in [-0.2, 0) is 18.7 Å². The van der Waals surface area contributed by atoms with Gasteiger partial charge in [-0.1, -0.05) is 117 Å². The molecule has 0 heterocycles. The van der Waals surface area contributed by atoms with E-state index in [0.29, 0.717) is 0 Å². The molecular formula is C25H49O4Si. The third kappa shape index (κ3) is 12.5. The normalized spacial score (nSPS) is 12.8. The first kappa shape index (κ1) is 29.6. The van der Waals surface area contributed by atoms with Gasteiger partial charge in [0.05, 0.1) is 0 Å². The van der Waals surface area contributed by atoms with Crippen LogP contribution in [0.3, 0.4) is 0 Å². The molecule has 0 aromatic rings. The van der Waals surface area contributed by atoms with Crippen LogP contribution in [0.5, 0.6) is 0 Å². The first-order chi connectivity index (χ1) is 14.6. The highest BCUT2D eigenvalue weighted by Crippen LogP contribution is 2.33. The first-order valence-corrected chi connectivity index (χ1v) is 13.0. The number of hydrogen-bond acceptors (Lipinski definition) is 4. The zero-order chi connectivity index (χ0) is 22.5. The Morgan fingerprint density at radius 1 is 0.667 bits per heavy atom. The summed E-state index contributed by atoms with van der Waals surface area (Å²) in [7, 11) is 5.93. The van der Waals surface area contributed by atoms with E-state index in [-0.39, 0.29) is 5.92 Å². The molecule has 1 atom stereocenters. The van der Waals surface area contributed by atoms with Crippen molar-refractivity contribution in [2.45, 2.75) is 135 Å². The van der Waals surface area contributed by atoms with E-state index in [1.165, 1.54) is 91.3 Å². The van der Waals surface area contributed by atoms with E-state index in [1.807, 2.05) is 0 Å². The van der Waals surface area contributed by atoms with Crippen LogP contribution in [0.2, 0.25) is 0 Å². The van der Waals surface area contributed by atoms with Crippen molar-refractivity contribution in [3.63, 3.8) is 0 Å². The molecule has 0 rings (SSSR count). The summed E-state index contributed by atoms with van der Waals surface area (Å²) >= 11 is 0. The molecule has 0 spiro atoms. The summed E-state index contributed by atoms with van der Waals surface area (Å²) in [4.78, 5) is 12.4.